The number of aliphatic hydroxyl groups is 1. The van der Waals surface area contributed by atoms with Crippen molar-refractivity contribution in [2.24, 2.45) is 0 Å². The Morgan fingerprint density at radius 3 is 2.57 bits per heavy atom. The molecule has 2 aromatic rings. The van der Waals surface area contributed by atoms with E-state index in [2.05, 4.69) is 26.6 Å². The number of fused-ring (bicyclic) bond motifs is 1. The molecular weight excluding hydrogens is 645 g/mol. The van der Waals surface area contributed by atoms with Crippen LogP contribution in [-0.4, -0.2) is 58.5 Å². The van der Waals surface area contributed by atoms with Gasteiger partial charge < -0.3 is 29.9 Å². The van der Waals surface area contributed by atoms with Gasteiger partial charge in [-0.1, -0.05) is 28.8 Å². The fraction of sp³-hybridized carbons (Fsp3) is 0.581. The Morgan fingerprint density at radius 1 is 1.18 bits per heavy atom. The summed E-state index contributed by atoms with van der Waals surface area (Å²) in [4.78, 5) is 40.8. The lowest BCUT2D eigenvalue weighted by Crippen LogP contribution is -2.51. The Bertz CT molecular complexity index is 1460. The van der Waals surface area contributed by atoms with E-state index in [1.165, 1.54) is 21.7 Å². The summed E-state index contributed by atoms with van der Waals surface area (Å²) in [6.07, 6.45) is -1.75. The highest BCUT2D eigenvalue weighted by Crippen LogP contribution is 2.40. The molecule has 13 heteroatoms. The molecule has 44 heavy (non-hydrogen) atoms. The van der Waals surface area contributed by atoms with Gasteiger partial charge >= 0.3 is 6.18 Å². The number of alkyl halides is 3. The molecule has 0 spiro atoms. The molecule has 0 bridgehead atoms. The average molecular weight is 684 g/mol. The van der Waals surface area contributed by atoms with Crippen LogP contribution in [0, 0.1) is 0 Å². The number of aliphatic hydroxyl groups excluding tert-OH is 1. The average Bonchev–Trinajstić information content (AvgIpc) is 3.62. The largest absolute Gasteiger partial charge is 0.487 e. The van der Waals surface area contributed by atoms with E-state index in [-0.39, 0.29) is 42.2 Å². The first-order valence-electron chi connectivity index (χ1n) is 15.0. The maximum absolute atomic E-state index is 13.7. The first-order chi connectivity index (χ1) is 20.7. The highest BCUT2D eigenvalue weighted by atomic mass is 79.9. The molecule has 240 valence electrons. The number of benzene rings is 1. The molecule has 0 unspecified atom stereocenters. The van der Waals surface area contributed by atoms with Crippen molar-refractivity contribution in [2.75, 3.05) is 18.0 Å². The Kier molecular flexibility index (Phi) is 9.48. The number of halogens is 4. The summed E-state index contributed by atoms with van der Waals surface area (Å²) in [7, 11) is 0. The zero-order valence-corrected chi connectivity index (χ0v) is 26.3. The summed E-state index contributed by atoms with van der Waals surface area (Å²) in [5.74, 6) is -0.459. The monoisotopic (exact) mass is 682 g/mol. The zero-order valence-electron chi connectivity index (χ0n) is 24.8. The first kappa shape index (κ1) is 32.5. The molecule has 9 nitrogen and oxygen atoms in total. The third-order valence-corrected chi connectivity index (χ3v) is 9.10. The van der Waals surface area contributed by atoms with Crippen molar-refractivity contribution in [3.05, 3.63) is 56.4 Å². The number of hydrogen-bond acceptors (Lipinski definition) is 6. The lowest BCUT2D eigenvalue weighted by Gasteiger charge is -2.38. The number of aromatic nitrogens is 1. The van der Waals surface area contributed by atoms with Crippen LogP contribution in [0.3, 0.4) is 0 Å². The number of nitrogens with one attached hydrogen (secondary N) is 2. The molecule has 2 aliphatic heterocycles. The topological polar surface area (TPSA) is 113 Å². The highest BCUT2D eigenvalue weighted by Gasteiger charge is 2.38. The predicted octanol–water partition coefficient (Wildman–Crippen LogP) is 5.16. The van der Waals surface area contributed by atoms with E-state index in [0.29, 0.717) is 25.1 Å². The number of carbonyl (C=O) groups excluding carboxylic acids is 2. The standard InChI is InChI=1S/C31H38BrF3N4O5/c1-30(2)14-22(21-13-19(32)9-10-26(21)44-30)36-16-25(40)23(15-31(33,34)35)37-28(42)18-12-24(38-11-5-8-27(38)41)29(43)39(17-18)20-6-3-4-7-20/h9-10,12-13,17,20,22-23,25,36,40H,3-8,11,14-16H2,1-2H3,(H,37,42)/t22-,23-,25+/m0/s1. The van der Waals surface area contributed by atoms with Gasteiger partial charge in [0.1, 0.15) is 17.0 Å². The molecule has 5 rings (SSSR count). The van der Waals surface area contributed by atoms with Crippen molar-refractivity contribution >= 4 is 33.4 Å². The number of rotatable bonds is 9. The summed E-state index contributed by atoms with van der Waals surface area (Å²) >= 11 is 3.44. The fourth-order valence-corrected chi connectivity index (χ4v) is 6.84. The van der Waals surface area contributed by atoms with Gasteiger partial charge in [0.25, 0.3) is 11.5 Å². The maximum Gasteiger partial charge on any atom is 0.391 e. The second-order valence-electron chi connectivity index (χ2n) is 12.6. The number of nitrogens with zero attached hydrogens (tertiary/aromatic N) is 2. The SMILES string of the molecule is CC1(C)C[C@H](NC[C@@H](O)[C@H](CC(F)(F)F)NC(=O)c2cc(N3CCCC3=O)c(=O)n(C3CCCC3)c2)c2cc(Br)ccc2O1. The molecule has 1 saturated heterocycles. The lowest BCUT2D eigenvalue weighted by atomic mass is 9.89. The van der Waals surface area contributed by atoms with Gasteiger partial charge in [0.05, 0.1) is 24.1 Å². The van der Waals surface area contributed by atoms with Crippen molar-refractivity contribution in [3.8, 4) is 5.75 Å². The second-order valence-corrected chi connectivity index (χ2v) is 13.5. The van der Waals surface area contributed by atoms with Gasteiger partial charge in [0, 0.05) is 54.2 Å². The Labute approximate surface area is 262 Å². The van der Waals surface area contributed by atoms with Crippen LogP contribution in [0.1, 0.15) is 93.2 Å². The number of hydrogen-bond donors (Lipinski definition) is 3. The molecular formula is C31H38BrF3N4O5. The van der Waals surface area contributed by atoms with Gasteiger partial charge in [0.2, 0.25) is 5.91 Å². The number of carbonyl (C=O) groups is 2. The van der Waals surface area contributed by atoms with E-state index < -0.39 is 41.8 Å². The minimum atomic E-state index is -4.67. The van der Waals surface area contributed by atoms with Crippen molar-refractivity contribution in [1.82, 2.24) is 15.2 Å². The van der Waals surface area contributed by atoms with Crippen LogP contribution in [0.2, 0.25) is 0 Å². The normalized spacial score (nSPS) is 21.6. The van der Waals surface area contributed by atoms with E-state index >= 15 is 0 Å². The third-order valence-electron chi connectivity index (χ3n) is 8.60. The van der Waals surface area contributed by atoms with Gasteiger partial charge in [-0.15, -0.1) is 0 Å². The highest BCUT2D eigenvalue weighted by molar-refractivity contribution is 9.10. The minimum Gasteiger partial charge on any atom is -0.487 e. The van der Waals surface area contributed by atoms with Gasteiger partial charge in [-0.05, 0) is 57.4 Å². The Hall–Kier alpha value is -2.90. The predicted molar refractivity (Wildman–Crippen MR) is 162 cm³/mol. The van der Waals surface area contributed by atoms with Gasteiger partial charge in [0.15, 0.2) is 0 Å². The quantitative estimate of drug-likeness (QED) is 0.337. The Balaban J connectivity index is 1.38. The van der Waals surface area contributed by atoms with E-state index in [1.807, 2.05) is 32.0 Å². The second kappa shape index (κ2) is 12.8. The summed E-state index contributed by atoms with van der Waals surface area (Å²) in [6.45, 7) is 3.91. The summed E-state index contributed by atoms with van der Waals surface area (Å²) in [5.41, 5.74) is -0.136. The first-order valence-corrected chi connectivity index (χ1v) is 15.8. The molecule has 1 saturated carbocycles. The fourth-order valence-electron chi connectivity index (χ4n) is 6.46. The molecule has 1 aromatic heterocycles. The third kappa shape index (κ3) is 7.48. The van der Waals surface area contributed by atoms with Crippen LogP contribution in [0.15, 0.2) is 39.7 Å². The van der Waals surface area contributed by atoms with Gasteiger partial charge in [-0.3, -0.25) is 14.4 Å². The molecule has 2 fully saturated rings. The summed E-state index contributed by atoms with van der Waals surface area (Å²) < 4.78 is 49.4. The molecule has 2 amide bonds. The van der Waals surface area contributed by atoms with Crippen LogP contribution in [0.5, 0.6) is 5.75 Å². The smallest absolute Gasteiger partial charge is 0.391 e. The summed E-state index contributed by atoms with van der Waals surface area (Å²) in [5, 5.41) is 16.6. The van der Waals surface area contributed by atoms with Crippen molar-refractivity contribution in [2.45, 2.75) is 101 Å². The Morgan fingerprint density at radius 2 is 1.91 bits per heavy atom. The molecule has 3 aliphatic rings. The van der Waals surface area contributed by atoms with E-state index in [9.17, 15) is 32.7 Å². The molecule has 1 aromatic carbocycles. The van der Waals surface area contributed by atoms with E-state index in [1.54, 1.807) is 0 Å². The number of anilines is 1. The molecule has 3 atom stereocenters. The number of pyridine rings is 1. The molecule has 0 radical (unpaired) electrons. The van der Waals surface area contributed by atoms with E-state index in [4.69, 9.17) is 4.74 Å². The van der Waals surface area contributed by atoms with E-state index in [0.717, 1.165) is 35.7 Å². The lowest BCUT2D eigenvalue weighted by molar-refractivity contribution is -0.145. The van der Waals surface area contributed by atoms with Crippen LogP contribution in [0.4, 0.5) is 18.9 Å². The molecule has 3 heterocycles. The summed E-state index contributed by atoms with van der Waals surface area (Å²) in [6, 6.07) is 4.63. The van der Waals surface area contributed by atoms with Crippen molar-refractivity contribution < 1.29 is 32.6 Å². The minimum absolute atomic E-state index is 0.0384. The van der Waals surface area contributed by atoms with Crippen LogP contribution >= 0.6 is 15.9 Å². The number of ether oxygens (including phenoxy) is 1. The zero-order chi connectivity index (χ0) is 31.8. The number of amides is 2. The van der Waals surface area contributed by atoms with Crippen molar-refractivity contribution in [1.29, 1.82) is 0 Å². The van der Waals surface area contributed by atoms with Crippen molar-refractivity contribution in [3.63, 3.8) is 0 Å². The molecule has 3 N–H and O–H groups in total. The van der Waals surface area contributed by atoms with Gasteiger partial charge in [-0.2, -0.15) is 13.2 Å². The van der Waals surface area contributed by atoms with Crippen LogP contribution < -0.4 is 25.8 Å². The molecule has 1 aliphatic carbocycles. The van der Waals surface area contributed by atoms with Crippen LogP contribution in [-0.2, 0) is 4.79 Å². The maximum atomic E-state index is 13.7. The van der Waals surface area contributed by atoms with Gasteiger partial charge in [-0.25, -0.2) is 0 Å². The van der Waals surface area contributed by atoms with Crippen LogP contribution in [0.25, 0.3) is 0 Å².